The Labute approximate surface area is 110 Å². The number of nitrogens with zero attached hydrogens (tertiary/aromatic N) is 2. The second-order valence-corrected chi connectivity index (χ2v) is 4.81. The van der Waals surface area contributed by atoms with Crippen LogP contribution < -0.4 is 0 Å². The number of hydrogen-bond donors (Lipinski definition) is 1. The first-order chi connectivity index (χ1) is 8.65. The Morgan fingerprint density at radius 3 is 2.50 bits per heavy atom. The summed E-state index contributed by atoms with van der Waals surface area (Å²) in [5.41, 5.74) is 5.09. The molecule has 3 aromatic rings. The van der Waals surface area contributed by atoms with Crippen molar-refractivity contribution in [1.29, 1.82) is 0 Å². The van der Waals surface area contributed by atoms with Crippen LogP contribution in [-0.2, 0) is 0 Å². The van der Waals surface area contributed by atoms with Crippen LogP contribution in [0.5, 0.6) is 0 Å². The van der Waals surface area contributed by atoms with Crippen LogP contribution in [-0.4, -0.2) is 14.5 Å². The molecule has 90 valence electrons. The van der Waals surface area contributed by atoms with Gasteiger partial charge in [-0.05, 0) is 50.3 Å². The van der Waals surface area contributed by atoms with Gasteiger partial charge in [0.25, 0.3) is 0 Å². The number of benzene rings is 1. The minimum Gasteiger partial charge on any atom is -0.329 e. The highest BCUT2D eigenvalue weighted by Gasteiger charge is 2.07. The molecule has 4 heteroatoms. The third-order valence-corrected chi connectivity index (χ3v) is 3.25. The van der Waals surface area contributed by atoms with Gasteiger partial charge in [-0.2, -0.15) is 0 Å². The topological polar surface area (TPSA) is 33.6 Å². The number of pyridine rings is 1. The molecule has 0 radical (unpaired) electrons. The van der Waals surface area contributed by atoms with Crippen molar-refractivity contribution in [3.05, 3.63) is 52.4 Å². The first-order valence-corrected chi connectivity index (χ1v) is 6.21. The summed E-state index contributed by atoms with van der Waals surface area (Å²) >= 11 is 5.38. The van der Waals surface area contributed by atoms with Crippen LogP contribution in [0.4, 0.5) is 0 Å². The summed E-state index contributed by atoms with van der Waals surface area (Å²) in [6.07, 6.45) is 0. The maximum atomic E-state index is 5.38. The average molecular weight is 255 g/mol. The molecule has 1 aromatic carbocycles. The van der Waals surface area contributed by atoms with E-state index in [1.165, 1.54) is 5.56 Å². The SMILES string of the molecule is Cc1ccc(-n2c(=S)[nH]c3ccc(C)nc32)cc1. The molecule has 0 fully saturated rings. The Kier molecular flexibility index (Phi) is 2.52. The van der Waals surface area contributed by atoms with Crippen molar-refractivity contribution >= 4 is 23.4 Å². The first kappa shape index (κ1) is 11.2. The minimum atomic E-state index is 0.673. The van der Waals surface area contributed by atoms with Crippen molar-refractivity contribution < 1.29 is 0 Å². The molecular weight excluding hydrogens is 242 g/mol. The fourth-order valence-electron chi connectivity index (χ4n) is 2.01. The molecule has 18 heavy (non-hydrogen) atoms. The number of imidazole rings is 1. The smallest absolute Gasteiger partial charge is 0.183 e. The Morgan fingerprint density at radius 2 is 1.78 bits per heavy atom. The molecule has 0 atom stereocenters. The van der Waals surface area contributed by atoms with Crippen LogP contribution in [0.15, 0.2) is 36.4 Å². The van der Waals surface area contributed by atoms with E-state index in [-0.39, 0.29) is 0 Å². The molecule has 3 rings (SSSR count). The van der Waals surface area contributed by atoms with Gasteiger partial charge < -0.3 is 4.98 Å². The Morgan fingerprint density at radius 1 is 1.06 bits per heavy atom. The number of H-pyrrole nitrogens is 1. The van der Waals surface area contributed by atoms with Crippen molar-refractivity contribution in [2.45, 2.75) is 13.8 Å². The van der Waals surface area contributed by atoms with Crippen LogP contribution in [0, 0.1) is 18.6 Å². The number of hydrogen-bond acceptors (Lipinski definition) is 2. The van der Waals surface area contributed by atoms with Crippen molar-refractivity contribution in [1.82, 2.24) is 14.5 Å². The van der Waals surface area contributed by atoms with Gasteiger partial charge in [-0.15, -0.1) is 0 Å². The van der Waals surface area contributed by atoms with Gasteiger partial charge in [0.1, 0.15) is 0 Å². The zero-order valence-corrected chi connectivity index (χ0v) is 11.1. The third kappa shape index (κ3) is 1.75. The van der Waals surface area contributed by atoms with Crippen molar-refractivity contribution in [2.75, 3.05) is 0 Å². The number of aromatic amines is 1. The van der Waals surface area contributed by atoms with Gasteiger partial charge in [0, 0.05) is 11.4 Å². The van der Waals surface area contributed by atoms with E-state index in [1.54, 1.807) is 0 Å². The second-order valence-electron chi connectivity index (χ2n) is 4.42. The van der Waals surface area contributed by atoms with E-state index in [9.17, 15) is 0 Å². The quantitative estimate of drug-likeness (QED) is 0.673. The highest BCUT2D eigenvalue weighted by Crippen LogP contribution is 2.18. The average Bonchev–Trinajstić information content (AvgIpc) is 2.66. The van der Waals surface area contributed by atoms with E-state index in [0.29, 0.717) is 4.77 Å². The molecule has 0 amide bonds. The molecule has 0 aliphatic heterocycles. The summed E-state index contributed by atoms with van der Waals surface area (Å²) in [7, 11) is 0. The first-order valence-electron chi connectivity index (χ1n) is 5.80. The molecule has 1 N–H and O–H groups in total. The van der Waals surface area contributed by atoms with E-state index >= 15 is 0 Å². The summed E-state index contributed by atoms with van der Waals surface area (Å²) in [6, 6.07) is 12.3. The molecule has 0 saturated carbocycles. The van der Waals surface area contributed by atoms with Gasteiger partial charge in [0.05, 0.1) is 5.52 Å². The molecule has 3 nitrogen and oxygen atoms in total. The summed E-state index contributed by atoms with van der Waals surface area (Å²) in [5, 5.41) is 0. The zero-order chi connectivity index (χ0) is 12.7. The van der Waals surface area contributed by atoms with Crippen LogP contribution in [0.25, 0.3) is 16.9 Å². The molecule has 2 aromatic heterocycles. The molecule has 0 aliphatic rings. The Hall–Kier alpha value is -1.94. The van der Waals surface area contributed by atoms with Crippen LogP contribution in [0.1, 0.15) is 11.3 Å². The van der Waals surface area contributed by atoms with Crippen molar-refractivity contribution in [3.8, 4) is 5.69 Å². The molecular formula is C14H13N3S. The lowest BCUT2D eigenvalue weighted by atomic mass is 10.2. The van der Waals surface area contributed by atoms with E-state index in [4.69, 9.17) is 12.2 Å². The van der Waals surface area contributed by atoms with Crippen LogP contribution in [0.2, 0.25) is 0 Å². The zero-order valence-electron chi connectivity index (χ0n) is 10.3. The summed E-state index contributed by atoms with van der Waals surface area (Å²) in [6.45, 7) is 4.05. The lowest BCUT2D eigenvalue weighted by Gasteiger charge is -2.04. The van der Waals surface area contributed by atoms with Gasteiger partial charge in [-0.25, -0.2) is 4.98 Å². The summed E-state index contributed by atoms with van der Waals surface area (Å²) in [4.78, 5) is 7.74. The molecule has 0 spiro atoms. The van der Waals surface area contributed by atoms with E-state index in [2.05, 4.69) is 41.2 Å². The highest BCUT2D eigenvalue weighted by atomic mass is 32.1. The molecule has 0 unspecified atom stereocenters. The van der Waals surface area contributed by atoms with E-state index < -0.39 is 0 Å². The predicted octanol–water partition coefficient (Wildman–Crippen LogP) is 3.70. The largest absolute Gasteiger partial charge is 0.329 e. The number of aromatic nitrogens is 3. The predicted molar refractivity (Wildman–Crippen MR) is 75.7 cm³/mol. The fraction of sp³-hybridized carbons (Fsp3) is 0.143. The maximum Gasteiger partial charge on any atom is 0.183 e. The Bertz CT molecular complexity index is 766. The molecule has 0 aliphatic carbocycles. The van der Waals surface area contributed by atoms with Gasteiger partial charge in [0.2, 0.25) is 0 Å². The van der Waals surface area contributed by atoms with Gasteiger partial charge in [-0.1, -0.05) is 17.7 Å². The summed E-state index contributed by atoms with van der Waals surface area (Å²) < 4.78 is 2.64. The van der Waals surface area contributed by atoms with Crippen molar-refractivity contribution in [3.63, 3.8) is 0 Å². The fourth-order valence-corrected chi connectivity index (χ4v) is 2.31. The molecule has 2 heterocycles. The normalized spacial score (nSPS) is 11.0. The molecule has 0 bridgehead atoms. The van der Waals surface area contributed by atoms with Crippen LogP contribution >= 0.6 is 12.2 Å². The number of nitrogens with one attached hydrogen (secondary N) is 1. The second kappa shape index (κ2) is 4.07. The molecule has 0 saturated heterocycles. The maximum absolute atomic E-state index is 5.38. The third-order valence-electron chi connectivity index (χ3n) is 2.96. The van der Waals surface area contributed by atoms with Gasteiger partial charge in [0.15, 0.2) is 10.4 Å². The lowest BCUT2D eigenvalue weighted by molar-refractivity contribution is 1.03. The highest BCUT2D eigenvalue weighted by molar-refractivity contribution is 7.71. The van der Waals surface area contributed by atoms with Crippen LogP contribution in [0.3, 0.4) is 0 Å². The van der Waals surface area contributed by atoms with Gasteiger partial charge in [-0.3, -0.25) is 4.57 Å². The number of fused-ring (bicyclic) bond motifs is 1. The van der Waals surface area contributed by atoms with E-state index in [0.717, 1.165) is 22.5 Å². The Balaban J connectivity index is 2.34. The van der Waals surface area contributed by atoms with Gasteiger partial charge >= 0.3 is 0 Å². The van der Waals surface area contributed by atoms with Crippen molar-refractivity contribution in [2.24, 2.45) is 0 Å². The minimum absolute atomic E-state index is 0.673. The monoisotopic (exact) mass is 255 g/mol. The van der Waals surface area contributed by atoms with E-state index in [1.807, 2.05) is 23.6 Å². The summed E-state index contributed by atoms with van der Waals surface area (Å²) in [5.74, 6) is 0. The number of rotatable bonds is 1. The standard InChI is InChI=1S/C14H13N3S/c1-9-3-6-11(7-4-9)17-13-12(16-14(17)18)8-5-10(2)15-13/h3-8H,1-2H3,(H,16,18). The lowest BCUT2D eigenvalue weighted by Crippen LogP contribution is -1.96. The number of aryl methyl sites for hydroxylation is 2.